The van der Waals surface area contributed by atoms with Crippen molar-refractivity contribution in [3.05, 3.63) is 87.4 Å². The Morgan fingerprint density at radius 2 is 1.92 bits per heavy atom. The molecule has 0 radical (unpaired) electrons. The summed E-state index contributed by atoms with van der Waals surface area (Å²) >= 11 is 0. The molecule has 184 valence electrons. The number of aromatic nitrogens is 2. The fourth-order valence-electron chi connectivity index (χ4n) is 4.51. The summed E-state index contributed by atoms with van der Waals surface area (Å²) in [4.78, 5) is 25.7. The van der Waals surface area contributed by atoms with Gasteiger partial charge in [0.1, 0.15) is 17.0 Å². The summed E-state index contributed by atoms with van der Waals surface area (Å²) in [6.07, 6.45) is 3.85. The zero-order valence-electron chi connectivity index (χ0n) is 20.3. The fraction of sp³-hybridized carbons (Fsp3) is 0.296. The van der Waals surface area contributed by atoms with E-state index in [0.717, 1.165) is 31.7 Å². The van der Waals surface area contributed by atoms with Crippen LogP contribution in [0.5, 0.6) is 11.5 Å². The second-order valence-electron chi connectivity index (χ2n) is 9.10. The molecule has 1 saturated heterocycles. The third kappa shape index (κ3) is 4.81. The molecule has 1 N–H and O–H groups in total. The smallest absolute Gasteiger partial charge is 0.269 e. The van der Waals surface area contributed by atoms with Gasteiger partial charge in [-0.1, -0.05) is 6.08 Å². The summed E-state index contributed by atoms with van der Waals surface area (Å²) in [5, 5.41) is 9.05. The van der Waals surface area contributed by atoms with Crippen LogP contribution in [0.2, 0.25) is 0 Å². The van der Waals surface area contributed by atoms with Crippen LogP contribution in [-0.4, -0.2) is 64.4 Å². The lowest BCUT2D eigenvalue weighted by Crippen LogP contribution is -2.46. The number of nitriles is 1. The minimum Gasteiger partial charge on any atom is -0.455 e. The molecule has 2 aromatic carbocycles. The molecular formula is C27H27FN6O2. The number of benzene rings is 2. The number of hydrogen-bond acceptors (Lipinski definition) is 7. The van der Waals surface area contributed by atoms with E-state index in [1.165, 1.54) is 0 Å². The third-order valence-corrected chi connectivity index (χ3v) is 6.52. The average Bonchev–Trinajstić information content (AvgIpc) is 2.88. The summed E-state index contributed by atoms with van der Waals surface area (Å²) in [5.74, 6) is 0.928. The van der Waals surface area contributed by atoms with Gasteiger partial charge in [-0.2, -0.15) is 9.65 Å². The van der Waals surface area contributed by atoms with Crippen LogP contribution < -0.4 is 10.3 Å². The summed E-state index contributed by atoms with van der Waals surface area (Å²) in [5.41, 5.74) is 3.46. The molecule has 0 aliphatic carbocycles. The first-order valence-corrected chi connectivity index (χ1v) is 11.9. The van der Waals surface area contributed by atoms with Crippen molar-refractivity contribution in [2.75, 3.05) is 39.8 Å². The maximum absolute atomic E-state index is 14.6. The Morgan fingerprint density at radius 3 is 2.64 bits per heavy atom. The lowest BCUT2D eigenvalue weighted by atomic mass is 10.1. The van der Waals surface area contributed by atoms with Crippen molar-refractivity contribution in [3.63, 3.8) is 0 Å². The number of nitrogens with zero attached hydrogens (tertiary/aromatic N) is 5. The number of rotatable bonds is 5. The second-order valence-corrected chi connectivity index (χ2v) is 9.10. The number of likely N-dealkylation sites (N-methyl/N-ethyl adjacent to an activating group) is 1. The van der Waals surface area contributed by atoms with Crippen molar-refractivity contribution in [1.29, 1.82) is 5.26 Å². The summed E-state index contributed by atoms with van der Waals surface area (Å²) in [6.45, 7) is 5.90. The largest absolute Gasteiger partial charge is 0.455 e. The van der Waals surface area contributed by atoms with Crippen LogP contribution in [0.4, 0.5) is 4.39 Å². The fourth-order valence-corrected chi connectivity index (χ4v) is 4.51. The van der Waals surface area contributed by atoms with Crippen LogP contribution in [0, 0.1) is 18.3 Å². The SMILES string of the molecule is Cc1nc2c(Oc3ccc(C#N)cc3)cc(CN3CCN(C4=C(F)N(C)CC=C4)CC3)cc2[nH]c1=O. The standard InChI is InChI=1S/C27H27FN6O2/c1-18-27(35)31-22-14-20(15-24(25(22)30-18)36-21-7-5-19(16-29)6-8-21)17-33-10-12-34(13-11-33)23-4-3-9-32(2)26(23)28/h3-8,14-15H,9-13,17H2,1-2H3,(H,31,35). The highest BCUT2D eigenvalue weighted by molar-refractivity contribution is 5.82. The molecule has 3 heterocycles. The van der Waals surface area contributed by atoms with Gasteiger partial charge in [-0.25, -0.2) is 4.98 Å². The zero-order chi connectivity index (χ0) is 25.2. The van der Waals surface area contributed by atoms with E-state index >= 15 is 0 Å². The van der Waals surface area contributed by atoms with Crippen molar-refractivity contribution in [3.8, 4) is 17.6 Å². The van der Waals surface area contributed by atoms with E-state index in [4.69, 9.17) is 10.00 Å². The number of nitrogens with one attached hydrogen (secondary N) is 1. The van der Waals surface area contributed by atoms with Gasteiger partial charge in [0.25, 0.3) is 5.56 Å². The van der Waals surface area contributed by atoms with Gasteiger partial charge in [0.05, 0.1) is 22.8 Å². The van der Waals surface area contributed by atoms with E-state index in [1.807, 2.05) is 24.3 Å². The number of aryl methyl sites for hydroxylation is 1. The topological polar surface area (TPSA) is 88.5 Å². The first-order valence-electron chi connectivity index (χ1n) is 11.9. The maximum Gasteiger partial charge on any atom is 0.269 e. The van der Waals surface area contributed by atoms with Crippen LogP contribution in [-0.2, 0) is 6.54 Å². The van der Waals surface area contributed by atoms with Gasteiger partial charge in [0.2, 0.25) is 5.95 Å². The Bertz CT molecular complexity index is 1450. The second kappa shape index (κ2) is 9.84. The number of ether oxygens (including phenoxy) is 1. The van der Waals surface area contributed by atoms with E-state index in [0.29, 0.717) is 52.6 Å². The Morgan fingerprint density at radius 1 is 1.17 bits per heavy atom. The van der Waals surface area contributed by atoms with E-state index < -0.39 is 0 Å². The lowest BCUT2D eigenvalue weighted by Gasteiger charge is -2.38. The number of H-pyrrole nitrogens is 1. The van der Waals surface area contributed by atoms with Crippen molar-refractivity contribution in [1.82, 2.24) is 24.7 Å². The van der Waals surface area contributed by atoms with Crippen molar-refractivity contribution < 1.29 is 9.13 Å². The van der Waals surface area contributed by atoms with Crippen LogP contribution in [0.3, 0.4) is 0 Å². The first kappa shape index (κ1) is 23.6. The normalized spacial score (nSPS) is 16.5. The van der Waals surface area contributed by atoms with Gasteiger partial charge in [-0.05, 0) is 55.0 Å². The Kier molecular flexibility index (Phi) is 6.44. The van der Waals surface area contributed by atoms with Gasteiger partial charge < -0.3 is 19.5 Å². The number of hydrogen-bond donors (Lipinski definition) is 1. The molecule has 0 atom stereocenters. The Hall–Kier alpha value is -4.16. The highest BCUT2D eigenvalue weighted by Crippen LogP contribution is 2.30. The molecule has 3 aromatic rings. The molecule has 8 nitrogen and oxygen atoms in total. The molecule has 9 heteroatoms. The van der Waals surface area contributed by atoms with Crippen LogP contribution in [0.15, 0.2) is 65.0 Å². The molecule has 0 saturated carbocycles. The van der Waals surface area contributed by atoms with E-state index in [9.17, 15) is 9.18 Å². The lowest BCUT2D eigenvalue weighted by molar-refractivity contribution is 0.147. The minimum atomic E-state index is -0.238. The Labute approximate surface area is 208 Å². The van der Waals surface area contributed by atoms with Gasteiger partial charge in [0, 0.05) is 46.3 Å². The maximum atomic E-state index is 14.6. The molecule has 1 aromatic heterocycles. The molecule has 2 aliphatic heterocycles. The van der Waals surface area contributed by atoms with E-state index in [-0.39, 0.29) is 11.5 Å². The predicted molar refractivity (Wildman–Crippen MR) is 135 cm³/mol. The van der Waals surface area contributed by atoms with Crippen molar-refractivity contribution in [2.24, 2.45) is 0 Å². The van der Waals surface area contributed by atoms with Crippen molar-refractivity contribution in [2.45, 2.75) is 13.5 Å². The molecule has 2 aliphatic rings. The predicted octanol–water partition coefficient (Wildman–Crippen LogP) is 3.65. The number of halogens is 1. The zero-order valence-corrected chi connectivity index (χ0v) is 20.3. The van der Waals surface area contributed by atoms with Crippen LogP contribution in [0.25, 0.3) is 11.0 Å². The molecule has 1 fully saturated rings. The molecule has 5 rings (SSSR count). The molecular weight excluding hydrogens is 459 g/mol. The average molecular weight is 487 g/mol. The van der Waals surface area contributed by atoms with Gasteiger partial charge in [-0.3, -0.25) is 9.69 Å². The molecule has 36 heavy (non-hydrogen) atoms. The summed E-state index contributed by atoms with van der Waals surface area (Å²) in [6, 6.07) is 12.8. The molecule has 0 unspecified atom stereocenters. The number of aromatic amines is 1. The molecule has 0 spiro atoms. The quantitative estimate of drug-likeness (QED) is 0.551. The highest BCUT2D eigenvalue weighted by atomic mass is 19.1. The summed E-state index contributed by atoms with van der Waals surface area (Å²) < 4.78 is 20.7. The van der Waals surface area contributed by atoms with E-state index in [2.05, 4.69) is 25.8 Å². The third-order valence-electron chi connectivity index (χ3n) is 6.52. The summed E-state index contributed by atoms with van der Waals surface area (Å²) in [7, 11) is 1.76. The number of allylic oxidation sites excluding steroid dienone is 1. The van der Waals surface area contributed by atoms with Crippen molar-refractivity contribution >= 4 is 11.0 Å². The van der Waals surface area contributed by atoms with Gasteiger partial charge in [0.15, 0.2) is 5.75 Å². The molecule has 0 bridgehead atoms. The highest BCUT2D eigenvalue weighted by Gasteiger charge is 2.23. The minimum absolute atomic E-state index is 0.183. The number of piperazine rings is 1. The Balaban J connectivity index is 1.37. The van der Waals surface area contributed by atoms with Gasteiger partial charge >= 0.3 is 0 Å². The monoisotopic (exact) mass is 486 g/mol. The number of fused-ring (bicyclic) bond motifs is 1. The first-order chi connectivity index (χ1) is 17.4. The van der Waals surface area contributed by atoms with Gasteiger partial charge in [-0.15, -0.1) is 0 Å². The molecule has 0 amide bonds. The van der Waals surface area contributed by atoms with E-state index in [1.54, 1.807) is 43.1 Å². The van der Waals surface area contributed by atoms with Crippen LogP contribution >= 0.6 is 0 Å². The van der Waals surface area contributed by atoms with Crippen LogP contribution in [0.1, 0.15) is 16.8 Å².